The van der Waals surface area contributed by atoms with Crippen LogP contribution in [0.4, 0.5) is 0 Å². The van der Waals surface area contributed by atoms with Gasteiger partial charge >= 0.3 is 5.97 Å². The van der Waals surface area contributed by atoms with Crippen LogP contribution in [-0.4, -0.2) is 35.5 Å². The Bertz CT molecular complexity index is 817. The second-order valence-electron chi connectivity index (χ2n) is 6.62. The van der Waals surface area contributed by atoms with Crippen molar-refractivity contribution in [3.05, 3.63) is 65.2 Å². The van der Waals surface area contributed by atoms with Gasteiger partial charge in [-0.3, -0.25) is 4.79 Å². The topological polar surface area (TPSA) is 66.8 Å². The van der Waals surface area contributed by atoms with Crippen LogP contribution in [0.5, 0.6) is 5.75 Å². The molecule has 0 spiro atoms. The number of carbonyl (C=O) groups excluding carboxylic acids is 1. The molecule has 2 aromatic rings. The highest BCUT2D eigenvalue weighted by atomic mass is 16.5. The van der Waals surface area contributed by atoms with Gasteiger partial charge in [0.25, 0.3) is 0 Å². The quantitative estimate of drug-likeness (QED) is 0.895. The van der Waals surface area contributed by atoms with E-state index < -0.39 is 12.0 Å². The predicted molar refractivity (Wildman–Crippen MR) is 98.3 cm³/mol. The van der Waals surface area contributed by atoms with Gasteiger partial charge in [-0.15, -0.1) is 0 Å². The van der Waals surface area contributed by atoms with Gasteiger partial charge in [0.15, 0.2) is 6.04 Å². The zero-order chi connectivity index (χ0) is 18.7. The SMILES string of the molecule is COc1ccccc1C(C)CC(=O)N1CCc2ccccc2C1C(=O)O. The fraction of sp³-hybridized carbons (Fsp3) is 0.333. The van der Waals surface area contributed by atoms with Crippen molar-refractivity contribution in [1.29, 1.82) is 0 Å². The third kappa shape index (κ3) is 3.43. The Morgan fingerprint density at radius 2 is 1.88 bits per heavy atom. The van der Waals surface area contributed by atoms with Crippen LogP contribution in [0.3, 0.4) is 0 Å². The van der Waals surface area contributed by atoms with E-state index in [-0.39, 0.29) is 18.2 Å². The number of amides is 1. The molecule has 3 rings (SSSR count). The lowest BCUT2D eigenvalue weighted by atomic mass is 9.90. The minimum atomic E-state index is -0.990. The van der Waals surface area contributed by atoms with Crippen LogP contribution in [0, 0.1) is 0 Å². The van der Waals surface area contributed by atoms with Crippen molar-refractivity contribution in [1.82, 2.24) is 4.90 Å². The number of carbonyl (C=O) groups is 2. The number of benzene rings is 2. The molecule has 1 aliphatic rings. The molecule has 2 unspecified atom stereocenters. The molecule has 0 radical (unpaired) electrons. The maximum atomic E-state index is 12.9. The van der Waals surface area contributed by atoms with Crippen molar-refractivity contribution in [2.24, 2.45) is 0 Å². The summed E-state index contributed by atoms with van der Waals surface area (Å²) in [5, 5.41) is 9.72. The van der Waals surface area contributed by atoms with Gasteiger partial charge in [0.1, 0.15) is 5.75 Å². The van der Waals surface area contributed by atoms with E-state index >= 15 is 0 Å². The van der Waals surface area contributed by atoms with Crippen LogP contribution in [0.25, 0.3) is 0 Å². The number of fused-ring (bicyclic) bond motifs is 1. The Kier molecular flexibility index (Phi) is 5.26. The molecule has 5 heteroatoms. The minimum Gasteiger partial charge on any atom is -0.496 e. The summed E-state index contributed by atoms with van der Waals surface area (Å²) in [4.78, 5) is 26.3. The molecule has 0 fully saturated rings. The van der Waals surface area contributed by atoms with E-state index in [0.717, 1.165) is 16.9 Å². The summed E-state index contributed by atoms with van der Waals surface area (Å²) in [5.41, 5.74) is 2.67. The summed E-state index contributed by atoms with van der Waals surface area (Å²) >= 11 is 0. The van der Waals surface area contributed by atoms with Crippen LogP contribution < -0.4 is 4.74 Å². The van der Waals surface area contributed by atoms with Gasteiger partial charge in [-0.1, -0.05) is 49.4 Å². The Morgan fingerprint density at radius 1 is 1.19 bits per heavy atom. The first-order chi connectivity index (χ1) is 12.5. The third-order valence-corrected chi connectivity index (χ3v) is 4.99. The number of nitrogens with zero attached hydrogens (tertiary/aromatic N) is 1. The van der Waals surface area contributed by atoms with Gasteiger partial charge in [0.05, 0.1) is 7.11 Å². The average Bonchev–Trinajstić information content (AvgIpc) is 2.66. The van der Waals surface area contributed by atoms with Gasteiger partial charge in [0.2, 0.25) is 5.91 Å². The number of rotatable bonds is 5. The molecule has 26 heavy (non-hydrogen) atoms. The van der Waals surface area contributed by atoms with Crippen molar-refractivity contribution in [3.8, 4) is 5.75 Å². The van der Waals surface area contributed by atoms with Gasteiger partial charge in [0, 0.05) is 13.0 Å². The van der Waals surface area contributed by atoms with Crippen LogP contribution in [-0.2, 0) is 16.0 Å². The van der Waals surface area contributed by atoms with E-state index in [4.69, 9.17) is 4.74 Å². The lowest BCUT2D eigenvalue weighted by molar-refractivity contribution is -0.151. The number of carboxylic acid groups (broad SMARTS) is 1. The maximum absolute atomic E-state index is 12.9. The van der Waals surface area contributed by atoms with Crippen molar-refractivity contribution in [2.75, 3.05) is 13.7 Å². The summed E-state index contributed by atoms with van der Waals surface area (Å²) in [7, 11) is 1.61. The second kappa shape index (κ2) is 7.60. The molecule has 1 heterocycles. The van der Waals surface area contributed by atoms with Crippen LogP contribution in [0.15, 0.2) is 48.5 Å². The molecule has 0 saturated carbocycles. The molecule has 136 valence electrons. The molecule has 0 aliphatic carbocycles. The largest absolute Gasteiger partial charge is 0.496 e. The molecule has 0 saturated heterocycles. The highest BCUT2D eigenvalue weighted by molar-refractivity contribution is 5.86. The summed E-state index contributed by atoms with van der Waals surface area (Å²) in [6.07, 6.45) is 0.918. The summed E-state index contributed by atoms with van der Waals surface area (Å²) < 4.78 is 5.38. The highest BCUT2D eigenvalue weighted by Crippen LogP contribution is 2.33. The predicted octanol–water partition coefficient (Wildman–Crippen LogP) is 3.40. The molecule has 5 nitrogen and oxygen atoms in total. The monoisotopic (exact) mass is 353 g/mol. The molecule has 1 amide bonds. The van der Waals surface area contributed by atoms with Gasteiger partial charge in [-0.2, -0.15) is 0 Å². The van der Waals surface area contributed by atoms with E-state index in [1.165, 1.54) is 4.90 Å². The van der Waals surface area contributed by atoms with Gasteiger partial charge in [-0.05, 0) is 35.1 Å². The molecule has 2 aromatic carbocycles. The highest BCUT2D eigenvalue weighted by Gasteiger charge is 2.36. The second-order valence-corrected chi connectivity index (χ2v) is 6.62. The number of para-hydroxylation sites is 1. The standard InChI is InChI=1S/C21H23NO4/c1-14(16-8-5-6-10-18(16)26-2)13-19(23)22-12-11-15-7-3-4-9-17(15)20(22)21(24)25/h3-10,14,20H,11-13H2,1-2H3,(H,24,25). The van der Waals surface area contributed by atoms with Gasteiger partial charge < -0.3 is 14.7 Å². The molecule has 1 aliphatic heterocycles. The maximum Gasteiger partial charge on any atom is 0.331 e. The fourth-order valence-corrected chi connectivity index (χ4v) is 3.66. The Balaban J connectivity index is 1.82. The van der Waals surface area contributed by atoms with E-state index in [1.54, 1.807) is 13.2 Å². The smallest absolute Gasteiger partial charge is 0.331 e. The molecule has 0 aromatic heterocycles. The van der Waals surface area contributed by atoms with E-state index in [1.807, 2.05) is 49.4 Å². The number of ether oxygens (including phenoxy) is 1. The zero-order valence-corrected chi connectivity index (χ0v) is 15.0. The Labute approximate surface area is 153 Å². The van der Waals surface area contributed by atoms with Crippen molar-refractivity contribution < 1.29 is 19.4 Å². The van der Waals surface area contributed by atoms with Crippen molar-refractivity contribution in [2.45, 2.75) is 31.7 Å². The number of hydrogen-bond donors (Lipinski definition) is 1. The van der Waals surface area contributed by atoms with E-state index in [0.29, 0.717) is 18.5 Å². The number of aliphatic carboxylic acids is 1. The first-order valence-corrected chi connectivity index (χ1v) is 8.76. The first-order valence-electron chi connectivity index (χ1n) is 8.76. The minimum absolute atomic E-state index is 0.0646. The average molecular weight is 353 g/mol. The molecule has 0 bridgehead atoms. The van der Waals surface area contributed by atoms with E-state index in [2.05, 4.69) is 0 Å². The van der Waals surface area contributed by atoms with Crippen molar-refractivity contribution in [3.63, 3.8) is 0 Å². The summed E-state index contributed by atoms with van der Waals surface area (Å²) in [6, 6.07) is 14.2. The Morgan fingerprint density at radius 3 is 2.62 bits per heavy atom. The van der Waals surface area contributed by atoms with Gasteiger partial charge in [-0.25, -0.2) is 4.79 Å². The number of methoxy groups -OCH3 is 1. The normalized spacial score (nSPS) is 17.3. The fourth-order valence-electron chi connectivity index (χ4n) is 3.66. The number of carboxylic acids is 1. The van der Waals surface area contributed by atoms with E-state index in [9.17, 15) is 14.7 Å². The molecule has 2 atom stereocenters. The number of hydrogen-bond acceptors (Lipinski definition) is 3. The lowest BCUT2D eigenvalue weighted by Gasteiger charge is -2.35. The van der Waals surface area contributed by atoms with Crippen LogP contribution in [0.2, 0.25) is 0 Å². The van der Waals surface area contributed by atoms with Crippen LogP contribution in [0.1, 0.15) is 42.0 Å². The Hall–Kier alpha value is -2.82. The molecular formula is C21H23NO4. The molecular weight excluding hydrogens is 330 g/mol. The third-order valence-electron chi connectivity index (χ3n) is 4.99. The lowest BCUT2D eigenvalue weighted by Crippen LogP contribution is -2.43. The summed E-state index contributed by atoms with van der Waals surface area (Å²) in [6.45, 7) is 2.38. The van der Waals surface area contributed by atoms with Crippen LogP contribution >= 0.6 is 0 Å². The summed E-state index contributed by atoms with van der Waals surface area (Å²) in [5.74, 6) is -0.461. The zero-order valence-electron chi connectivity index (χ0n) is 15.0. The first kappa shape index (κ1) is 18.0. The van der Waals surface area contributed by atoms with Crippen molar-refractivity contribution >= 4 is 11.9 Å². The molecule has 1 N–H and O–H groups in total.